The first-order chi connectivity index (χ1) is 15.4. The van der Waals surface area contributed by atoms with Gasteiger partial charge in [-0.3, -0.25) is 19.8 Å². The van der Waals surface area contributed by atoms with E-state index in [1.54, 1.807) is 48.5 Å². The third kappa shape index (κ3) is 3.95. The van der Waals surface area contributed by atoms with E-state index in [0.29, 0.717) is 22.8 Å². The highest BCUT2D eigenvalue weighted by atomic mass is 32.1. The van der Waals surface area contributed by atoms with Gasteiger partial charge in [0.25, 0.3) is 11.8 Å². The number of rotatable bonds is 4. The van der Waals surface area contributed by atoms with Crippen LogP contribution < -0.4 is 10.2 Å². The predicted molar refractivity (Wildman–Crippen MR) is 123 cm³/mol. The van der Waals surface area contributed by atoms with Gasteiger partial charge in [-0.25, -0.2) is 4.79 Å². The molecule has 0 aliphatic carbocycles. The Balaban J connectivity index is 1.63. The summed E-state index contributed by atoms with van der Waals surface area (Å²) < 4.78 is 10.5. The van der Waals surface area contributed by atoms with E-state index >= 15 is 0 Å². The Kier molecular flexibility index (Phi) is 5.70. The Labute approximate surface area is 189 Å². The van der Waals surface area contributed by atoms with Gasteiger partial charge in [-0.05, 0) is 61.1 Å². The van der Waals surface area contributed by atoms with Gasteiger partial charge in [-0.2, -0.15) is 0 Å². The van der Waals surface area contributed by atoms with Gasteiger partial charge in [0.05, 0.1) is 18.4 Å². The van der Waals surface area contributed by atoms with Crippen LogP contribution in [-0.2, 0) is 14.3 Å². The third-order valence-electron chi connectivity index (χ3n) is 4.96. The minimum absolute atomic E-state index is 0.0253. The molecule has 0 radical (unpaired) electrons. The number of furan rings is 1. The second kappa shape index (κ2) is 8.60. The van der Waals surface area contributed by atoms with Crippen molar-refractivity contribution in [1.82, 2.24) is 5.32 Å². The minimum atomic E-state index is -0.592. The Hall–Kier alpha value is -4.04. The van der Waals surface area contributed by atoms with Gasteiger partial charge in [-0.1, -0.05) is 30.3 Å². The number of esters is 1. The average molecular weight is 446 g/mol. The second-order valence-corrected chi connectivity index (χ2v) is 7.40. The molecule has 7 nitrogen and oxygen atoms in total. The number of methoxy groups -OCH3 is 1. The van der Waals surface area contributed by atoms with E-state index in [9.17, 15) is 14.4 Å². The van der Waals surface area contributed by atoms with E-state index in [1.807, 2.05) is 19.1 Å². The maximum absolute atomic E-state index is 13.1. The maximum atomic E-state index is 13.1. The highest BCUT2D eigenvalue weighted by Gasteiger charge is 2.35. The van der Waals surface area contributed by atoms with Crippen molar-refractivity contribution in [2.75, 3.05) is 12.0 Å². The summed E-state index contributed by atoms with van der Waals surface area (Å²) in [5, 5.41) is 2.59. The van der Waals surface area contributed by atoms with Crippen molar-refractivity contribution in [3.05, 3.63) is 83.1 Å². The highest BCUT2D eigenvalue weighted by Crippen LogP contribution is 2.27. The Bertz CT molecular complexity index is 1270. The van der Waals surface area contributed by atoms with Gasteiger partial charge in [-0.15, -0.1) is 0 Å². The summed E-state index contributed by atoms with van der Waals surface area (Å²) in [6.07, 6.45) is 1.39. The molecule has 0 saturated carbocycles. The summed E-state index contributed by atoms with van der Waals surface area (Å²) in [5.74, 6) is -0.714. The molecule has 1 aromatic heterocycles. The number of para-hydroxylation sites is 1. The number of anilines is 1. The Morgan fingerprint density at radius 1 is 1.06 bits per heavy atom. The van der Waals surface area contributed by atoms with Gasteiger partial charge in [0.1, 0.15) is 17.1 Å². The number of nitrogens with zero attached hydrogens (tertiary/aromatic N) is 1. The van der Waals surface area contributed by atoms with Crippen LogP contribution in [0.2, 0.25) is 0 Å². The van der Waals surface area contributed by atoms with E-state index in [1.165, 1.54) is 18.1 Å². The van der Waals surface area contributed by atoms with Crippen LogP contribution in [0.5, 0.6) is 0 Å². The van der Waals surface area contributed by atoms with Crippen LogP contribution in [0.4, 0.5) is 5.69 Å². The lowest BCUT2D eigenvalue weighted by Gasteiger charge is -2.29. The fourth-order valence-corrected chi connectivity index (χ4v) is 3.58. The van der Waals surface area contributed by atoms with Crippen LogP contribution in [0.1, 0.15) is 21.7 Å². The lowest BCUT2D eigenvalue weighted by atomic mass is 10.1. The van der Waals surface area contributed by atoms with Crippen LogP contribution in [0.15, 0.2) is 70.7 Å². The zero-order chi connectivity index (χ0) is 22.8. The lowest BCUT2D eigenvalue weighted by Crippen LogP contribution is -2.54. The van der Waals surface area contributed by atoms with Crippen LogP contribution >= 0.6 is 12.2 Å². The molecule has 2 aromatic carbocycles. The van der Waals surface area contributed by atoms with E-state index < -0.39 is 17.8 Å². The molecule has 1 N–H and O–H groups in total. The Morgan fingerprint density at radius 3 is 2.47 bits per heavy atom. The van der Waals surface area contributed by atoms with Crippen molar-refractivity contribution in [1.29, 1.82) is 0 Å². The SMILES string of the molecule is COC(=O)c1ccc(-c2ccc(/C=C3\C(=O)NC(=S)N(c4ccccc4C)C3=O)o2)cc1. The molecule has 0 spiro atoms. The van der Waals surface area contributed by atoms with Crippen LogP contribution in [-0.4, -0.2) is 30.0 Å². The molecule has 3 aromatic rings. The predicted octanol–water partition coefficient (Wildman–Crippen LogP) is 3.87. The van der Waals surface area contributed by atoms with E-state index in [0.717, 1.165) is 11.1 Å². The number of carbonyl (C=O) groups is 3. The summed E-state index contributed by atoms with van der Waals surface area (Å²) in [5.41, 5.74) is 2.49. The molecule has 1 aliphatic heterocycles. The average Bonchev–Trinajstić information content (AvgIpc) is 3.26. The van der Waals surface area contributed by atoms with Crippen molar-refractivity contribution in [2.45, 2.75) is 6.92 Å². The lowest BCUT2D eigenvalue weighted by molar-refractivity contribution is -0.122. The molecule has 1 fully saturated rings. The number of nitrogens with one attached hydrogen (secondary N) is 1. The van der Waals surface area contributed by atoms with Crippen molar-refractivity contribution in [3.8, 4) is 11.3 Å². The first-order valence-corrected chi connectivity index (χ1v) is 10.1. The second-order valence-electron chi connectivity index (χ2n) is 7.02. The van der Waals surface area contributed by atoms with Crippen molar-refractivity contribution >= 4 is 46.9 Å². The van der Waals surface area contributed by atoms with E-state index in [4.69, 9.17) is 21.4 Å². The molecule has 0 unspecified atom stereocenters. The largest absolute Gasteiger partial charge is 0.465 e. The summed E-state index contributed by atoms with van der Waals surface area (Å²) >= 11 is 5.24. The number of aryl methyl sites for hydroxylation is 1. The number of ether oxygens (including phenoxy) is 1. The summed E-state index contributed by atoms with van der Waals surface area (Å²) in [6.45, 7) is 1.86. The molecule has 4 rings (SSSR count). The molecular formula is C24H18N2O5S. The number of amides is 2. The number of thiocarbonyl (C=S) groups is 1. The van der Waals surface area contributed by atoms with Gasteiger partial charge in [0, 0.05) is 5.56 Å². The van der Waals surface area contributed by atoms with E-state index in [-0.39, 0.29) is 10.7 Å². The maximum Gasteiger partial charge on any atom is 0.337 e. The molecule has 0 atom stereocenters. The molecule has 1 saturated heterocycles. The first kappa shape index (κ1) is 21.2. The molecule has 0 bridgehead atoms. The molecule has 2 heterocycles. The number of hydrogen-bond donors (Lipinski definition) is 1. The first-order valence-electron chi connectivity index (χ1n) is 9.64. The third-order valence-corrected chi connectivity index (χ3v) is 5.25. The molecule has 160 valence electrons. The van der Waals surface area contributed by atoms with Crippen molar-refractivity contribution < 1.29 is 23.5 Å². The van der Waals surface area contributed by atoms with Crippen molar-refractivity contribution in [3.63, 3.8) is 0 Å². The molecular weight excluding hydrogens is 428 g/mol. The molecule has 1 aliphatic rings. The summed E-state index contributed by atoms with van der Waals surface area (Å²) in [7, 11) is 1.32. The van der Waals surface area contributed by atoms with Gasteiger partial charge >= 0.3 is 5.97 Å². The topological polar surface area (TPSA) is 88.9 Å². The Morgan fingerprint density at radius 2 is 1.78 bits per heavy atom. The quantitative estimate of drug-likeness (QED) is 0.283. The normalized spacial score (nSPS) is 15.1. The van der Waals surface area contributed by atoms with Crippen LogP contribution in [0, 0.1) is 6.92 Å². The zero-order valence-electron chi connectivity index (χ0n) is 17.2. The molecule has 8 heteroatoms. The monoisotopic (exact) mass is 446 g/mol. The van der Waals surface area contributed by atoms with Gasteiger partial charge in [0.2, 0.25) is 0 Å². The number of hydrogen-bond acceptors (Lipinski definition) is 6. The zero-order valence-corrected chi connectivity index (χ0v) is 18.1. The minimum Gasteiger partial charge on any atom is -0.465 e. The summed E-state index contributed by atoms with van der Waals surface area (Å²) in [4.78, 5) is 38.5. The van der Waals surface area contributed by atoms with Crippen LogP contribution in [0.3, 0.4) is 0 Å². The van der Waals surface area contributed by atoms with Gasteiger partial charge in [0.15, 0.2) is 5.11 Å². The summed E-state index contributed by atoms with van der Waals surface area (Å²) in [6, 6.07) is 17.3. The van der Waals surface area contributed by atoms with Crippen molar-refractivity contribution in [2.24, 2.45) is 0 Å². The highest BCUT2D eigenvalue weighted by molar-refractivity contribution is 7.80. The molecule has 2 amide bonds. The fraction of sp³-hybridized carbons (Fsp3) is 0.0833. The number of carbonyl (C=O) groups excluding carboxylic acids is 3. The molecule has 32 heavy (non-hydrogen) atoms. The standard InChI is InChI=1S/C24H18N2O5S/c1-14-5-3-4-6-19(14)26-22(28)18(21(27)25-24(26)32)13-17-11-12-20(31-17)15-7-9-16(10-8-15)23(29)30-2/h3-13H,1-2H3,(H,25,27,32)/b18-13+. The fourth-order valence-electron chi connectivity index (χ4n) is 3.31. The smallest absolute Gasteiger partial charge is 0.337 e. The number of benzene rings is 2. The van der Waals surface area contributed by atoms with Crippen LogP contribution in [0.25, 0.3) is 17.4 Å². The van der Waals surface area contributed by atoms with E-state index in [2.05, 4.69) is 5.32 Å². The van der Waals surface area contributed by atoms with Gasteiger partial charge < -0.3 is 9.15 Å².